The Labute approximate surface area is 135 Å². The molecule has 0 aromatic heterocycles. The van der Waals surface area contributed by atoms with E-state index in [1.165, 1.54) is 18.2 Å². The Morgan fingerprint density at radius 1 is 1.04 bits per heavy atom. The molecule has 0 radical (unpaired) electrons. The maximum Gasteiger partial charge on any atom is 0.270 e. The number of carbonyl (C=O) groups is 1. The lowest BCUT2D eigenvalue weighted by molar-refractivity contribution is -0.384. The van der Waals surface area contributed by atoms with Crippen LogP contribution in [0.3, 0.4) is 0 Å². The Morgan fingerprint density at radius 2 is 1.79 bits per heavy atom. The van der Waals surface area contributed by atoms with E-state index in [9.17, 15) is 20.1 Å². The van der Waals surface area contributed by atoms with Crippen molar-refractivity contribution in [3.63, 3.8) is 0 Å². The molecule has 0 atom stereocenters. The topological polar surface area (TPSA) is 117 Å². The minimum Gasteiger partial charge on any atom is -0.410 e. The zero-order chi connectivity index (χ0) is 16.8. The van der Waals surface area contributed by atoms with Crippen molar-refractivity contribution in [3.8, 4) is 0 Å². The van der Waals surface area contributed by atoms with Gasteiger partial charge in [0.25, 0.3) is 11.6 Å². The van der Waals surface area contributed by atoms with Gasteiger partial charge in [-0.05, 0) is 12.1 Å². The summed E-state index contributed by atoms with van der Waals surface area (Å²) in [5.74, 6) is -0.415. The lowest BCUT2D eigenvalue weighted by atomic mass is 10.0. The second kappa shape index (κ2) is 4.92. The standard InChI is InChI=1S/C16H10N4O4/c21-16-13(10-7-8(20(23)24)5-6-12(10)18-16)15-14(19-22)9-3-1-2-4-11(9)17-15/h1-7,17,22H,(H,18,21). The van der Waals surface area contributed by atoms with Crippen molar-refractivity contribution < 1.29 is 14.9 Å². The summed E-state index contributed by atoms with van der Waals surface area (Å²) in [4.78, 5) is 22.9. The molecule has 118 valence electrons. The second-order valence-corrected chi connectivity index (χ2v) is 5.31. The summed E-state index contributed by atoms with van der Waals surface area (Å²) >= 11 is 0. The second-order valence-electron chi connectivity index (χ2n) is 5.31. The fourth-order valence-electron chi connectivity index (χ4n) is 2.93. The summed E-state index contributed by atoms with van der Waals surface area (Å²) in [6.07, 6.45) is 0. The summed E-state index contributed by atoms with van der Waals surface area (Å²) in [7, 11) is 0. The lowest BCUT2D eigenvalue weighted by Crippen LogP contribution is -2.12. The van der Waals surface area contributed by atoms with Gasteiger partial charge < -0.3 is 15.8 Å². The Hall–Kier alpha value is -3.68. The number of nitrogens with zero attached hydrogens (tertiary/aromatic N) is 2. The number of non-ortho nitro benzene ring substituents is 1. The number of nitrogens with one attached hydrogen (secondary N) is 2. The number of anilines is 2. The van der Waals surface area contributed by atoms with Gasteiger partial charge in [0, 0.05) is 34.6 Å². The van der Waals surface area contributed by atoms with E-state index in [2.05, 4.69) is 15.8 Å². The van der Waals surface area contributed by atoms with Crippen LogP contribution in [0, 0.1) is 10.1 Å². The minimum absolute atomic E-state index is 0.124. The maximum atomic E-state index is 12.4. The monoisotopic (exact) mass is 322 g/mol. The Kier molecular flexibility index (Phi) is 2.86. The van der Waals surface area contributed by atoms with E-state index in [-0.39, 0.29) is 17.0 Å². The zero-order valence-corrected chi connectivity index (χ0v) is 12.1. The molecule has 2 aliphatic heterocycles. The van der Waals surface area contributed by atoms with Crippen molar-refractivity contribution in [2.24, 2.45) is 5.16 Å². The Balaban J connectivity index is 1.95. The van der Waals surface area contributed by atoms with Crippen LogP contribution in [0.5, 0.6) is 0 Å². The van der Waals surface area contributed by atoms with Gasteiger partial charge in [0.1, 0.15) is 5.71 Å². The predicted molar refractivity (Wildman–Crippen MR) is 87.0 cm³/mol. The van der Waals surface area contributed by atoms with Gasteiger partial charge in [0.05, 0.1) is 16.2 Å². The number of nitro groups is 1. The molecule has 2 heterocycles. The van der Waals surface area contributed by atoms with Crippen LogP contribution in [0.1, 0.15) is 11.1 Å². The van der Waals surface area contributed by atoms with Crippen LogP contribution in [0.25, 0.3) is 5.57 Å². The van der Waals surface area contributed by atoms with Crippen molar-refractivity contribution in [3.05, 3.63) is 69.4 Å². The quantitative estimate of drug-likeness (QED) is 0.323. The fourth-order valence-corrected chi connectivity index (χ4v) is 2.93. The third kappa shape index (κ3) is 1.86. The first-order valence-electron chi connectivity index (χ1n) is 7.03. The van der Waals surface area contributed by atoms with E-state index in [1.807, 2.05) is 6.07 Å². The molecule has 8 nitrogen and oxygen atoms in total. The largest absolute Gasteiger partial charge is 0.410 e. The number of benzene rings is 2. The first-order chi connectivity index (χ1) is 11.6. The van der Waals surface area contributed by atoms with Gasteiger partial charge in [-0.2, -0.15) is 0 Å². The van der Waals surface area contributed by atoms with E-state index in [0.29, 0.717) is 28.2 Å². The number of allylic oxidation sites excluding steroid dienone is 1. The van der Waals surface area contributed by atoms with Crippen LogP contribution in [-0.4, -0.2) is 21.7 Å². The molecule has 0 saturated heterocycles. The normalized spacial score (nSPS) is 19.7. The lowest BCUT2D eigenvalue weighted by Gasteiger charge is -2.05. The van der Waals surface area contributed by atoms with Gasteiger partial charge in [-0.3, -0.25) is 14.9 Å². The average Bonchev–Trinajstić information content (AvgIpc) is 3.09. The van der Waals surface area contributed by atoms with Crippen LogP contribution in [0.2, 0.25) is 0 Å². The molecule has 0 saturated carbocycles. The van der Waals surface area contributed by atoms with Gasteiger partial charge in [-0.25, -0.2) is 0 Å². The number of amides is 1. The highest BCUT2D eigenvalue weighted by Crippen LogP contribution is 2.40. The first-order valence-corrected chi connectivity index (χ1v) is 7.03. The van der Waals surface area contributed by atoms with E-state index in [0.717, 1.165) is 0 Å². The number of hydrogen-bond donors (Lipinski definition) is 3. The Bertz CT molecular complexity index is 978. The summed E-state index contributed by atoms with van der Waals surface area (Å²) < 4.78 is 0. The Morgan fingerprint density at radius 3 is 2.54 bits per heavy atom. The van der Waals surface area contributed by atoms with E-state index in [1.54, 1.807) is 18.2 Å². The molecule has 24 heavy (non-hydrogen) atoms. The molecule has 0 spiro atoms. The van der Waals surface area contributed by atoms with Crippen LogP contribution in [0.15, 0.2) is 53.3 Å². The molecule has 0 unspecified atom stereocenters. The van der Waals surface area contributed by atoms with Crippen LogP contribution < -0.4 is 10.6 Å². The smallest absolute Gasteiger partial charge is 0.270 e. The van der Waals surface area contributed by atoms with Gasteiger partial charge in [-0.15, -0.1) is 0 Å². The summed E-state index contributed by atoms with van der Waals surface area (Å²) in [5, 5.41) is 29.4. The van der Waals surface area contributed by atoms with Crippen molar-refractivity contribution in [1.29, 1.82) is 0 Å². The molecule has 0 fully saturated rings. The molecule has 0 bridgehead atoms. The van der Waals surface area contributed by atoms with Crippen LogP contribution in [-0.2, 0) is 4.79 Å². The molecular formula is C16H10N4O4. The third-order valence-corrected chi connectivity index (χ3v) is 3.99. The fraction of sp³-hybridized carbons (Fsp3) is 0. The number of rotatable bonds is 1. The molecule has 2 aromatic rings. The predicted octanol–water partition coefficient (Wildman–Crippen LogP) is 2.56. The number of carbonyl (C=O) groups excluding carboxylic acids is 1. The molecular weight excluding hydrogens is 312 g/mol. The van der Waals surface area contributed by atoms with Gasteiger partial charge in [0.15, 0.2) is 0 Å². The number of hydrogen-bond acceptors (Lipinski definition) is 6. The number of para-hydroxylation sites is 1. The average molecular weight is 322 g/mol. The molecule has 3 N–H and O–H groups in total. The minimum atomic E-state index is -0.525. The molecule has 1 amide bonds. The summed E-state index contributed by atoms with van der Waals surface area (Å²) in [5.41, 5.74) is 2.83. The maximum absolute atomic E-state index is 12.4. The van der Waals surface area contributed by atoms with Crippen molar-refractivity contribution in [2.45, 2.75) is 0 Å². The highest BCUT2D eigenvalue weighted by molar-refractivity contribution is 6.39. The van der Waals surface area contributed by atoms with Crippen LogP contribution in [0.4, 0.5) is 17.1 Å². The number of oxime groups is 1. The molecule has 4 rings (SSSR count). The molecule has 0 aliphatic carbocycles. The summed E-state index contributed by atoms with van der Waals surface area (Å²) in [6, 6.07) is 11.3. The van der Waals surface area contributed by atoms with Crippen molar-refractivity contribution >= 4 is 34.3 Å². The van der Waals surface area contributed by atoms with Crippen molar-refractivity contribution in [2.75, 3.05) is 10.6 Å². The molecule has 8 heteroatoms. The van der Waals surface area contributed by atoms with Gasteiger partial charge >= 0.3 is 0 Å². The summed E-state index contributed by atoms with van der Waals surface area (Å²) in [6.45, 7) is 0. The van der Waals surface area contributed by atoms with E-state index < -0.39 is 10.8 Å². The van der Waals surface area contributed by atoms with Gasteiger partial charge in [0.2, 0.25) is 0 Å². The molecule has 2 aliphatic rings. The molecule has 2 aromatic carbocycles. The van der Waals surface area contributed by atoms with Gasteiger partial charge in [-0.1, -0.05) is 23.4 Å². The van der Waals surface area contributed by atoms with E-state index in [4.69, 9.17) is 0 Å². The number of nitro benzene ring substituents is 1. The SMILES string of the molecule is O=C1Nc2ccc([N+](=O)[O-])cc2C1=C1Nc2ccccc2C1=NO. The van der Waals surface area contributed by atoms with Crippen LogP contribution >= 0.6 is 0 Å². The first kappa shape index (κ1) is 13.9. The van der Waals surface area contributed by atoms with Crippen molar-refractivity contribution in [1.82, 2.24) is 0 Å². The highest BCUT2D eigenvalue weighted by atomic mass is 16.6. The highest BCUT2D eigenvalue weighted by Gasteiger charge is 2.35. The zero-order valence-electron chi connectivity index (χ0n) is 12.1. The third-order valence-electron chi connectivity index (χ3n) is 3.99. The number of fused-ring (bicyclic) bond motifs is 2. The van der Waals surface area contributed by atoms with E-state index >= 15 is 0 Å².